The topological polar surface area (TPSA) is 67.8 Å². The van der Waals surface area contributed by atoms with Gasteiger partial charge < -0.3 is 5.32 Å². The quantitative estimate of drug-likeness (QED) is 0.597. The molecule has 1 aromatic carbocycles. The van der Waals surface area contributed by atoms with Crippen LogP contribution >= 0.6 is 0 Å². The van der Waals surface area contributed by atoms with E-state index in [2.05, 4.69) is 20.3 Å². The van der Waals surface area contributed by atoms with Gasteiger partial charge in [0, 0.05) is 24.0 Å². The van der Waals surface area contributed by atoms with Crippen LogP contribution in [0.4, 0.5) is 0 Å². The summed E-state index contributed by atoms with van der Waals surface area (Å²) in [5.74, 6) is -0.143. The Kier molecular flexibility index (Phi) is 4.58. The molecule has 3 heterocycles. The molecule has 0 saturated heterocycles. The predicted molar refractivity (Wildman–Crippen MR) is 105 cm³/mol. The third-order valence-electron chi connectivity index (χ3n) is 4.44. The largest absolute Gasteiger partial charge is 0.345 e. The summed E-state index contributed by atoms with van der Waals surface area (Å²) in [6.45, 7) is 1.95. The van der Waals surface area contributed by atoms with E-state index < -0.39 is 0 Å². The smallest absolute Gasteiger partial charge is 0.252 e. The average molecular weight is 354 g/mol. The van der Waals surface area contributed by atoms with Gasteiger partial charge in [-0.25, -0.2) is 4.98 Å². The molecule has 4 aromatic rings. The van der Waals surface area contributed by atoms with Crippen LogP contribution in [0.15, 0.2) is 79.3 Å². The van der Waals surface area contributed by atoms with E-state index in [0.717, 1.165) is 22.2 Å². The summed E-state index contributed by atoms with van der Waals surface area (Å²) in [5.41, 5.74) is 3.77. The van der Waals surface area contributed by atoms with Crippen LogP contribution < -0.4 is 5.32 Å². The highest BCUT2D eigenvalue weighted by Gasteiger charge is 2.16. The van der Waals surface area contributed by atoms with E-state index in [1.165, 1.54) is 0 Å². The number of amides is 1. The number of aromatic nitrogens is 3. The maximum atomic E-state index is 13.1. The number of nitrogens with one attached hydrogen (secondary N) is 1. The number of nitrogens with zero attached hydrogens (tertiary/aromatic N) is 3. The van der Waals surface area contributed by atoms with Crippen LogP contribution in [0, 0.1) is 0 Å². The van der Waals surface area contributed by atoms with E-state index in [1.807, 2.05) is 61.5 Å². The Hall–Kier alpha value is -3.60. The van der Waals surface area contributed by atoms with Crippen molar-refractivity contribution in [1.29, 1.82) is 0 Å². The highest BCUT2D eigenvalue weighted by Crippen LogP contribution is 2.24. The summed E-state index contributed by atoms with van der Waals surface area (Å²) >= 11 is 0. The maximum Gasteiger partial charge on any atom is 0.252 e. The molecule has 0 spiro atoms. The molecule has 1 unspecified atom stereocenters. The summed E-state index contributed by atoms with van der Waals surface area (Å²) in [6, 6.07) is 18.8. The summed E-state index contributed by atoms with van der Waals surface area (Å²) in [5, 5.41) is 3.88. The Labute approximate surface area is 157 Å². The maximum absolute atomic E-state index is 13.1. The van der Waals surface area contributed by atoms with E-state index in [-0.39, 0.29) is 11.9 Å². The highest BCUT2D eigenvalue weighted by molar-refractivity contribution is 6.07. The van der Waals surface area contributed by atoms with Crippen LogP contribution in [-0.2, 0) is 0 Å². The molecule has 5 nitrogen and oxygen atoms in total. The molecule has 1 N–H and O–H groups in total. The monoisotopic (exact) mass is 354 g/mol. The minimum atomic E-state index is -0.143. The van der Waals surface area contributed by atoms with Crippen molar-refractivity contribution in [3.05, 3.63) is 90.4 Å². The summed E-state index contributed by atoms with van der Waals surface area (Å²) < 4.78 is 0. The number of pyridine rings is 3. The third-order valence-corrected chi connectivity index (χ3v) is 4.44. The first-order chi connectivity index (χ1) is 13.2. The van der Waals surface area contributed by atoms with E-state index in [9.17, 15) is 4.79 Å². The van der Waals surface area contributed by atoms with Gasteiger partial charge in [0.05, 0.1) is 28.5 Å². The fraction of sp³-hybridized carbons (Fsp3) is 0.0909. The van der Waals surface area contributed by atoms with Crippen molar-refractivity contribution in [1.82, 2.24) is 20.3 Å². The Morgan fingerprint density at radius 3 is 2.48 bits per heavy atom. The molecule has 0 saturated carbocycles. The number of rotatable bonds is 4. The van der Waals surface area contributed by atoms with Crippen molar-refractivity contribution in [2.45, 2.75) is 13.0 Å². The molecule has 0 radical (unpaired) electrons. The molecule has 0 bridgehead atoms. The second-order valence-corrected chi connectivity index (χ2v) is 6.26. The molecule has 1 atom stereocenters. The predicted octanol–water partition coefficient (Wildman–Crippen LogP) is 4.18. The molecule has 132 valence electrons. The number of carbonyl (C=O) groups is 1. The van der Waals surface area contributed by atoms with Gasteiger partial charge in [-0.05, 0) is 48.9 Å². The molecule has 0 aliphatic heterocycles. The second-order valence-electron chi connectivity index (χ2n) is 6.26. The van der Waals surface area contributed by atoms with Crippen molar-refractivity contribution in [2.75, 3.05) is 0 Å². The number of para-hydroxylation sites is 1. The standard InChI is InChI=1S/C22H18N4O/c1-15(16-9-12-23-13-10-16)25-22(27)18-14-21(20-8-4-5-11-24-20)26-19-7-3-2-6-17(18)19/h2-15H,1H3,(H,25,27). The van der Waals surface area contributed by atoms with Crippen molar-refractivity contribution >= 4 is 16.8 Å². The van der Waals surface area contributed by atoms with E-state index in [1.54, 1.807) is 24.7 Å². The fourth-order valence-corrected chi connectivity index (χ4v) is 3.02. The zero-order chi connectivity index (χ0) is 18.6. The first kappa shape index (κ1) is 16.8. The fourth-order valence-electron chi connectivity index (χ4n) is 3.02. The zero-order valence-electron chi connectivity index (χ0n) is 14.8. The molecule has 5 heteroatoms. The molecule has 4 rings (SSSR count). The van der Waals surface area contributed by atoms with Crippen LogP contribution in [0.1, 0.15) is 28.9 Å². The van der Waals surface area contributed by atoms with Crippen LogP contribution in [0.25, 0.3) is 22.3 Å². The molecule has 0 fully saturated rings. The molecule has 0 aliphatic carbocycles. The Morgan fingerprint density at radius 1 is 0.926 bits per heavy atom. The lowest BCUT2D eigenvalue weighted by Gasteiger charge is -2.15. The lowest BCUT2D eigenvalue weighted by molar-refractivity contribution is 0.0941. The van der Waals surface area contributed by atoms with Crippen molar-refractivity contribution in [2.24, 2.45) is 0 Å². The molecule has 1 amide bonds. The molecular formula is C22H18N4O. The Morgan fingerprint density at radius 2 is 1.70 bits per heavy atom. The number of carbonyl (C=O) groups excluding carboxylic acids is 1. The summed E-state index contributed by atoms with van der Waals surface area (Å²) in [6.07, 6.45) is 5.16. The second kappa shape index (κ2) is 7.33. The van der Waals surface area contributed by atoms with E-state index in [0.29, 0.717) is 11.3 Å². The lowest BCUT2D eigenvalue weighted by Crippen LogP contribution is -2.27. The third kappa shape index (κ3) is 3.53. The average Bonchev–Trinajstić information content (AvgIpc) is 2.74. The SMILES string of the molecule is CC(NC(=O)c1cc(-c2ccccn2)nc2ccccc12)c1ccncc1. The minimum Gasteiger partial charge on any atom is -0.345 e. The minimum absolute atomic E-state index is 0.134. The van der Waals surface area contributed by atoms with Gasteiger partial charge in [0.1, 0.15) is 0 Å². The number of hydrogen-bond acceptors (Lipinski definition) is 4. The van der Waals surface area contributed by atoms with Gasteiger partial charge in [-0.2, -0.15) is 0 Å². The van der Waals surface area contributed by atoms with Gasteiger partial charge in [0.2, 0.25) is 0 Å². The van der Waals surface area contributed by atoms with E-state index in [4.69, 9.17) is 0 Å². The molecule has 3 aromatic heterocycles. The summed E-state index contributed by atoms with van der Waals surface area (Å²) in [7, 11) is 0. The van der Waals surface area contributed by atoms with Crippen molar-refractivity contribution in [3.8, 4) is 11.4 Å². The highest BCUT2D eigenvalue weighted by atomic mass is 16.1. The van der Waals surface area contributed by atoms with Crippen molar-refractivity contribution in [3.63, 3.8) is 0 Å². The Balaban J connectivity index is 1.74. The lowest BCUT2D eigenvalue weighted by atomic mass is 10.0. The normalized spacial score (nSPS) is 11.9. The van der Waals surface area contributed by atoms with E-state index >= 15 is 0 Å². The van der Waals surface area contributed by atoms with Crippen LogP contribution in [0.3, 0.4) is 0 Å². The first-order valence-corrected chi connectivity index (χ1v) is 8.74. The molecule has 0 aliphatic rings. The van der Waals surface area contributed by atoms with Gasteiger partial charge in [0.25, 0.3) is 5.91 Å². The first-order valence-electron chi connectivity index (χ1n) is 8.74. The van der Waals surface area contributed by atoms with Crippen LogP contribution in [0.5, 0.6) is 0 Å². The Bertz CT molecular complexity index is 1080. The van der Waals surface area contributed by atoms with Crippen LogP contribution in [-0.4, -0.2) is 20.9 Å². The van der Waals surface area contributed by atoms with Gasteiger partial charge in [-0.3, -0.25) is 14.8 Å². The van der Waals surface area contributed by atoms with Crippen LogP contribution in [0.2, 0.25) is 0 Å². The van der Waals surface area contributed by atoms with Gasteiger partial charge in [-0.1, -0.05) is 24.3 Å². The zero-order valence-corrected chi connectivity index (χ0v) is 14.8. The summed E-state index contributed by atoms with van der Waals surface area (Å²) in [4.78, 5) is 26.1. The van der Waals surface area contributed by atoms with Gasteiger partial charge in [-0.15, -0.1) is 0 Å². The number of fused-ring (bicyclic) bond motifs is 1. The van der Waals surface area contributed by atoms with Crippen molar-refractivity contribution < 1.29 is 4.79 Å². The molecular weight excluding hydrogens is 336 g/mol. The van der Waals surface area contributed by atoms with Gasteiger partial charge >= 0.3 is 0 Å². The number of benzene rings is 1. The van der Waals surface area contributed by atoms with Gasteiger partial charge in [0.15, 0.2) is 0 Å². The molecule has 27 heavy (non-hydrogen) atoms. The number of hydrogen-bond donors (Lipinski definition) is 1.